The minimum atomic E-state index is -3.81. The van der Waals surface area contributed by atoms with E-state index in [1.807, 2.05) is 24.3 Å². The van der Waals surface area contributed by atoms with Crippen molar-refractivity contribution in [3.8, 4) is 6.07 Å². The molecule has 9 heteroatoms. The van der Waals surface area contributed by atoms with Gasteiger partial charge in [-0.25, -0.2) is 8.42 Å². The highest BCUT2D eigenvalue weighted by Crippen LogP contribution is 2.22. The minimum absolute atomic E-state index is 0.390. The van der Waals surface area contributed by atoms with E-state index >= 15 is 0 Å². The van der Waals surface area contributed by atoms with Crippen LogP contribution in [0.5, 0.6) is 0 Å². The van der Waals surface area contributed by atoms with Gasteiger partial charge in [-0.05, 0) is 74.2 Å². The molecule has 2 fully saturated rings. The van der Waals surface area contributed by atoms with Crippen molar-refractivity contribution in [1.82, 2.24) is 4.90 Å². The summed E-state index contributed by atoms with van der Waals surface area (Å²) in [4.78, 5) is 18.9. The Bertz CT molecular complexity index is 1120. The fourth-order valence-corrected chi connectivity index (χ4v) is 5.61. The molecule has 2 saturated heterocycles. The number of nitriles is 1. The number of piperidine rings is 1. The van der Waals surface area contributed by atoms with Crippen molar-refractivity contribution in [2.24, 2.45) is 0 Å². The summed E-state index contributed by atoms with van der Waals surface area (Å²) >= 11 is 0. The van der Waals surface area contributed by atoms with Gasteiger partial charge in [0.05, 0.1) is 11.6 Å². The number of anilines is 3. The number of carbonyl (C=O) groups excluding carboxylic acids is 1. The zero-order chi connectivity index (χ0) is 24.0. The van der Waals surface area contributed by atoms with Crippen LogP contribution in [-0.4, -0.2) is 64.2 Å². The number of benzene rings is 2. The topological polar surface area (TPSA) is 96.7 Å². The molecule has 8 nitrogen and oxygen atoms in total. The molecule has 0 bridgehead atoms. The lowest BCUT2D eigenvalue weighted by atomic mass is 10.1. The van der Waals surface area contributed by atoms with Gasteiger partial charge >= 0.3 is 0 Å². The van der Waals surface area contributed by atoms with Gasteiger partial charge in [-0.2, -0.15) is 5.26 Å². The smallest absolute Gasteiger partial charge is 0.241 e. The zero-order valence-corrected chi connectivity index (χ0v) is 20.1. The van der Waals surface area contributed by atoms with Crippen molar-refractivity contribution in [2.45, 2.75) is 25.7 Å². The monoisotopic (exact) mass is 481 g/mol. The molecule has 0 aliphatic carbocycles. The second kappa shape index (κ2) is 10.8. The van der Waals surface area contributed by atoms with Gasteiger partial charge in [0.1, 0.15) is 5.75 Å². The van der Waals surface area contributed by atoms with Gasteiger partial charge in [0.25, 0.3) is 0 Å². The van der Waals surface area contributed by atoms with Crippen molar-refractivity contribution in [1.29, 1.82) is 5.26 Å². The lowest BCUT2D eigenvalue weighted by molar-refractivity contribution is -0.128. The second-order valence-electron chi connectivity index (χ2n) is 8.84. The lowest BCUT2D eigenvalue weighted by Crippen LogP contribution is -2.39. The molecule has 2 aromatic carbocycles. The lowest BCUT2D eigenvalue weighted by Gasteiger charge is -2.28. The number of hydrogen-bond acceptors (Lipinski definition) is 6. The second-order valence-corrected chi connectivity index (χ2v) is 10.6. The Kier molecular flexibility index (Phi) is 7.58. The van der Waals surface area contributed by atoms with E-state index in [9.17, 15) is 13.2 Å². The van der Waals surface area contributed by atoms with Gasteiger partial charge < -0.3 is 14.7 Å². The summed E-state index contributed by atoms with van der Waals surface area (Å²) in [5.74, 6) is -0.961. The first-order chi connectivity index (χ1) is 16.4. The number of hydrogen-bond donors (Lipinski definition) is 1. The van der Waals surface area contributed by atoms with Crippen LogP contribution >= 0.6 is 0 Å². The summed E-state index contributed by atoms with van der Waals surface area (Å²) in [6.45, 7) is 4.41. The van der Waals surface area contributed by atoms with Crippen molar-refractivity contribution >= 4 is 33.0 Å². The Balaban J connectivity index is 1.31. The molecule has 180 valence electrons. The van der Waals surface area contributed by atoms with Crippen molar-refractivity contribution in [2.75, 3.05) is 59.5 Å². The van der Waals surface area contributed by atoms with Crippen LogP contribution in [0.25, 0.3) is 0 Å². The summed E-state index contributed by atoms with van der Waals surface area (Å²) in [5, 5.41) is 8.97. The molecule has 0 saturated carbocycles. The molecule has 1 N–H and O–H groups in total. The molecule has 2 aliphatic heterocycles. The van der Waals surface area contributed by atoms with E-state index in [0.717, 1.165) is 37.4 Å². The maximum absolute atomic E-state index is 12.8. The summed E-state index contributed by atoms with van der Waals surface area (Å²) in [6.07, 6.45) is 4.36. The molecule has 2 aromatic rings. The van der Waals surface area contributed by atoms with E-state index < -0.39 is 15.8 Å². The van der Waals surface area contributed by atoms with Crippen molar-refractivity contribution in [3.05, 3.63) is 54.1 Å². The quantitative estimate of drug-likeness (QED) is 0.681. The normalized spacial score (nSPS) is 17.1. The largest absolute Gasteiger partial charge is 0.372 e. The van der Waals surface area contributed by atoms with Gasteiger partial charge in [0.15, 0.2) is 0 Å². The molecule has 4 rings (SSSR count). The minimum Gasteiger partial charge on any atom is -0.372 e. The first-order valence-electron chi connectivity index (χ1n) is 11.8. The van der Waals surface area contributed by atoms with E-state index in [-0.39, 0.29) is 5.91 Å². The van der Waals surface area contributed by atoms with Gasteiger partial charge in [-0.15, -0.1) is 0 Å². The molecule has 0 unspecified atom stereocenters. The van der Waals surface area contributed by atoms with E-state index in [1.54, 1.807) is 29.2 Å². The average Bonchev–Trinajstić information content (AvgIpc) is 3.11. The zero-order valence-electron chi connectivity index (χ0n) is 19.3. The first kappa shape index (κ1) is 23.9. The highest BCUT2D eigenvalue weighted by molar-refractivity contribution is 7.93. The van der Waals surface area contributed by atoms with Crippen molar-refractivity contribution in [3.63, 3.8) is 0 Å². The third-order valence-electron chi connectivity index (χ3n) is 6.39. The Hall–Kier alpha value is -3.25. The van der Waals surface area contributed by atoms with Crippen LogP contribution < -0.4 is 14.5 Å². The number of amides is 1. The van der Waals surface area contributed by atoms with E-state index in [1.165, 1.54) is 19.3 Å². The average molecular weight is 482 g/mol. The fourth-order valence-electron chi connectivity index (χ4n) is 4.53. The highest BCUT2D eigenvalue weighted by atomic mass is 32.2. The summed E-state index contributed by atoms with van der Waals surface area (Å²) in [7, 11) is -3.81. The molecule has 1 amide bonds. The summed E-state index contributed by atoms with van der Waals surface area (Å²) in [6, 6.07) is 16.8. The molecule has 0 atom stereocenters. The van der Waals surface area contributed by atoms with Gasteiger partial charge in [-0.1, -0.05) is 0 Å². The molecule has 0 spiro atoms. The van der Waals surface area contributed by atoms with Crippen LogP contribution in [-0.2, 0) is 14.8 Å². The van der Waals surface area contributed by atoms with Gasteiger partial charge in [0, 0.05) is 56.3 Å². The fraction of sp³-hybridized carbons (Fsp3) is 0.440. The Labute approximate surface area is 201 Å². The number of nitrogens with one attached hydrogen (secondary N) is 1. The van der Waals surface area contributed by atoms with Crippen LogP contribution in [0.1, 0.15) is 31.2 Å². The van der Waals surface area contributed by atoms with E-state index in [4.69, 9.17) is 5.26 Å². The Morgan fingerprint density at radius 2 is 1.38 bits per heavy atom. The van der Waals surface area contributed by atoms with Crippen LogP contribution in [0.4, 0.5) is 17.1 Å². The molecule has 34 heavy (non-hydrogen) atoms. The molecule has 0 radical (unpaired) electrons. The molecule has 0 aromatic heterocycles. The van der Waals surface area contributed by atoms with Crippen LogP contribution in [0.15, 0.2) is 48.5 Å². The van der Waals surface area contributed by atoms with Crippen molar-refractivity contribution < 1.29 is 13.2 Å². The van der Waals surface area contributed by atoms with E-state index in [2.05, 4.69) is 20.6 Å². The molecule has 2 heterocycles. The number of nitrogens with zero attached hydrogens (tertiary/aromatic N) is 4. The summed E-state index contributed by atoms with van der Waals surface area (Å²) < 4.78 is 27.9. The van der Waals surface area contributed by atoms with Gasteiger partial charge in [0.2, 0.25) is 15.9 Å². The Morgan fingerprint density at radius 1 is 0.794 bits per heavy atom. The molecule has 2 aliphatic rings. The van der Waals surface area contributed by atoms with Gasteiger partial charge in [-0.3, -0.25) is 9.52 Å². The third kappa shape index (κ3) is 6.20. The number of sulfonamides is 1. The van der Waals surface area contributed by atoms with Crippen LogP contribution in [0.3, 0.4) is 0 Å². The Morgan fingerprint density at radius 3 is 2.03 bits per heavy atom. The maximum atomic E-state index is 12.8. The summed E-state index contributed by atoms with van der Waals surface area (Å²) in [5.41, 5.74) is 3.16. The predicted octanol–water partition coefficient (Wildman–Crippen LogP) is 3.03. The van der Waals surface area contributed by atoms with Crippen LogP contribution in [0.2, 0.25) is 0 Å². The third-order valence-corrected chi connectivity index (χ3v) is 7.56. The predicted molar refractivity (Wildman–Crippen MR) is 134 cm³/mol. The standard InChI is InChI=1S/C25H31N5O3S/c26-19-21-5-9-23(10-6-21)29-15-4-16-30(18-17-29)25(31)20-34(32,33)27-22-7-11-24(12-8-22)28-13-2-1-3-14-28/h5-12,27H,1-4,13-18,20H2. The number of rotatable bonds is 6. The highest BCUT2D eigenvalue weighted by Gasteiger charge is 2.24. The first-order valence-corrected chi connectivity index (χ1v) is 13.5. The molecular weight excluding hydrogens is 450 g/mol. The SMILES string of the molecule is N#Cc1ccc(N2CCCN(C(=O)CS(=O)(=O)Nc3ccc(N4CCCCC4)cc3)CC2)cc1. The molecular formula is C25H31N5O3S. The maximum Gasteiger partial charge on any atom is 0.241 e. The van der Waals surface area contributed by atoms with Crippen LogP contribution in [0, 0.1) is 11.3 Å². The number of carbonyl (C=O) groups is 1. The van der Waals surface area contributed by atoms with E-state index in [0.29, 0.717) is 30.9 Å².